The quantitative estimate of drug-likeness (QED) is 0.370. The number of piperidine rings is 1. The summed E-state index contributed by atoms with van der Waals surface area (Å²) in [4.78, 5) is 17.9. The molecule has 0 bridgehead atoms. The van der Waals surface area contributed by atoms with Gasteiger partial charge in [0.05, 0.1) is 28.4 Å². The second-order valence-electron chi connectivity index (χ2n) is 9.54. The minimum absolute atomic E-state index is 0.0187. The number of nitrogens with zero attached hydrogens (tertiary/aromatic N) is 2. The molecule has 37 heavy (non-hydrogen) atoms. The molecule has 2 N–H and O–H groups in total. The third-order valence-corrected chi connectivity index (χ3v) is 7.68. The zero-order valence-corrected chi connectivity index (χ0v) is 21.3. The van der Waals surface area contributed by atoms with Gasteiger partial charge in [-0.15, -0.1) is 5.48 Å². The van der Waals surface area contributed by atoms with Crippen molar-refractivity contribution in [2.24, 2.45) is 0 Å². The predicted molar refractivity (Wildman–Crippen MR) is 136 cm³/mol. The van der Waals surface area contributed by atoms with Gasteiger partial charge in [0.2, 0.25) is 0 Å². The Morgan fingerprint density at radius 2 is 1.86 bits per heavy atom. The number of rotatable bonds is 7. The van der Waals surface area contributed by atoms with Crippen molar-refractivity contribution >= 4 is 35.0 Å². The monoisotopic (exact) mass is 546 g/mol. The van der Waals surface area contributed by atoms with E-state index in [0.29, 0.717) is 58.2 Å². The second-order valence-corrected chi connectivity index (χ2v) is 10.4. The zero-order chi connectivity index (χ0) is 25.5. The van der Waals surface area contributed by atoms with E-state index in [9.17, 15) is 9.18 Å². The SMILES string of the molecule is O=C1NC(c2ccc(N3CCC(OCc4c(-c5c(Cl)cccc5Cl)noc4C4CC4)CC3)c(F)c2)NO1. The van der Waals surface area contributed by atoms with Crippen molar-refractivity contribution in [1.82, 2.24) is 16.0 Å². The fourth-order valence-electron chi connectivity index (χ4n) is 4.91. The normalized spacial score (nSPS) is 20.2. The molecular weight excluding hydrogens is 522 g/mol. The largest absolute Gasteiger partial charge is 0.427 e. The van der Waals surface area contributed by atoms with Gasteiger partial charge in [0.1, 0.15) is 23.4 Å². The van der Waals surface area contributed by atoms with Gasteiger partial charge >= 0.3 is 6.09 Å². The smallest absolute Gasteiger partial charge is 0.373 e. The van der Waals surface area contributed by atoms with E-state index in [1.165, 1.54) is 6.07 Å². The number of anilines is 1. The number of hydroxylamine groups is 1. The number of hydrogen-bond donors (Lipinski definition) is 2. The van der Waals surface area contributed by atoms with E-state index in [4.69, 9.17) is 32.5 Å². The van der Waals surface area contributed by atoms with Gasteiger partial charge in [-0.3, -0.25) is 5.32 Å². The summed E-state index contributed by atoms with van der Waals surface area (Å²) < 4.78 is 27.0. The minimum Gasteiger partial charge on any atom is -0.373 e. The van der Waals surface area contributed by atoms with Gasteiger partial charge in [0, 0.05) is 30.1 Å². The molecule has 2 saturated heterocycles. The lowest BCUT2D eigenvalue weighted by Crippen LogP contribution is -2.37. The van der Waals surface area contributed by atoms with Crippen LogP contribution in [-0.2, 0) is 16.2 Å². The minimum atomic E-state index is -0.589. The molecule has 1 aliphatic carbocycles. The van der Waals surface area contributed by atoms with Crippen LogP contribution in [0.5, 0.6) is 0 Å². The number of halogens is 3. The molecule has 1 amide bonds. The van der Waals surface area contributed by atoms with E-state index in [0.717, 1.165) is 37.0 Å². The van der Waals surface area contributed by atoms with Crippen molar-refractivity contribution in [3.63, 3.8) is 0 Å². The van der Waals surface area contributed by atoms with Gasteiger partial charge in [-0.25, -0.2) is 9.18 Å². The van der Waals surface area contributed by atoms with Gasteiger partial charge in [-0.05, 0) is 55.5 Å². The Balaban J connectivity index is 1.11. The maximum absolute atomic E-state index is 14.9. The van der Waals surface area contributed by atoms with Crippen LogP contribution in [0.4, 0.5) is 14.9 Å². The molecule has 3 aliphatic rings. The van der Waals surface area contributed by atoms with Crippen LogP contribution in [0.1, 0.15) is 54.7 Å². The Kier molecular flexibility index (Phi) is 6.71. The third-order valence-electron chi connectivity index (χ3n) is 7.05. The number of aromatic nitrogens is 1. The lowest BCUT2D eigenvalue weighted by molar-refractivity contribution is 0.0245. The van der Waals surface area contributed by atoms with Crippen LogP contribution in [-0.4, -0.2) is 30.4 Å². The Hall–Kier alpha value is -2.85. The van der Waals surface area contributed by atoms with Gasteiger partial charge in [-0.1, -0.05) is 40.5 Å². The molecule has 1 aromatic heterocycles. The highest BCUT2D eigenvalue weighted by Gasteiger charge is 2.34. The summed E-state index contributed by atoms with van der Waals surface area (Å²) in [6, 6.07) is 10.3. The number of ether oxygens (including phenoxy) is 1. The summed E-state index contributed by atoms with van der Waals surface area (Å²) >= 11 is 12.9. The number of amides is 1. The average molecular weight is 547 g/mol. The molecule has 3 heterocycles. The highest BCUT2D eigenvalue weighted by Crippen LogP contribution is 2.46. The summed E-state index contributed by atoms with van der Waals surface area (Å²) in [7, 11) is 0. The summed E-state index contributed by atoms with van der Waals surface area (Å²) in [6.07, 6.45) is 2.49. The van der Waals surface area contributed by atoms with Crippen molar-refractivity contribution in [2.45, 2.75) is 50.5 Å². The van der Waals surface area contributed by atoms with Crippen molar-refractivity contribution in [1.29, 1.82) is 0 Å². The molecule has 8 nitrogen and oxygen atoms in total. The first kappa shape index (κ1) is 24.5. The number of nitrogens with one attached hydrogen (secondary N) is 2. The van der Waals surface area contributed by atoms with Gasteiger partial charge in [-0.2, -0.15) is 0 Å². The predicted octanol–water partition coefficient (Wildman–Crippen LogP) is 6.09. The fraction of sp³-hybridized carbons (Fsp3) is 0.385. The molecule has 1 saturated carbocycles. The first-order chi connectivity index (χ1) is 18.0. The molecule has 11 heteroatoms. The summed E-state index contributed by atoms with van der Waals surface area (Å²) in [5.41, 5.74) is 5.84. The number of benzene rings is 2. The lowest BCUT2D eigenvalue weighted by Gasteiger charge is -2.34. The molecular formula is C26H25Cl2FN4O4. The Labute approximate surface area is 222 Å². The van der Waals surface area contributed by atoms with Gasteiger partial charge in [0.15, 0.2) is 0 Å². The van der Waals surface area contributed by atoms with Crippen molar-refractivity contribution in [2.75, 3.05) is 18.0 Å². The van der Waals surface area contributed by atoms with Crippen LogP contribution in [0.25, 0.3) is 11.3 Å². The van der Waals surface area contributed by atoms with Crippen molar-refractivity contribution in [3.8, 4) is 11.3 Å². The topological polar surface area (TPSA) is 88.9 Å². The van der Waals surface area contributed by atoms with E-state index < -0.39 is 12.3 Å². The Morgan fingerprint density at radius 1 is 1.11 bits per heavy atom. The average Bonchev–Trinajstić information content (AvgIpc) is 3.51. The summed E-state index contributed by atoms with van der Waals surface area (Å²) in [6.45, 7) is 1.66. The number of hydrogen-bond acceptors (Lipinski definition) is 7. The van der Waals surface area contributed by atoms with Gasteiger partial charge < -0.3 is 19.0 Å². The van der Waals surface area contributed by atoms with Crippen molar-refractivity contribution in [3.05, 3.63) is 69.1 Å². The van der Waals surface area contributed by atoms with Crippen molar-refractivity contribution < 1.29 is 23.3 Å². The molecule has 3 aromatic rings. The first-order valence-electron chi connectivity index (χ1n) is 12.3. The van der Waals surface area contributed by atoms with Crippen LogP contribution in [0, 0.1) is 5.82 Å². The van der Waals surface area contributed by atoms with Crippen LogP contribution in [0.3, 0.4) is 0 Å². The first-order valence-corrected chi connectivity index (χ1v) is 13.0. The van der Waals surface area contributed by atoms with E-state index >= 15 is 0 Å². The maximum atomic E-state index is 14.9. The van der Waals surface area contributed by atoms with Crippen LogP contribution in [0.2, 0.25) is 10.0 Å². The molecule has 2 aromatic carbocycles. The van der Waals surface area contributed by atoms with E-state index in [1.54, 1.807) is 30.3 Å². The highest BCUT2D eigenvalue weighted by atomic mass is 35.5. The van der Waals surface area contributed by atoms with E-state index in [2.05, 4.69) is 20.8 Å². The Morgan fingerprint density at radius 3 is 2.51 bits per heavy atom. The highest BCUT2D eigenvalue weighted by molar-refractivity contribution is 6.39. The molecule has 194 valence electrons. The van der Waals surface area contributed by atoms with E-state index in [-0.39, 0.29) is 11.9 Å². The van der Waals surface area contributed by atoms with Crippen LogP contribution >= 0.6 is 23.2 Å². The lowest BCUT2D eigenvalue weighted by atomic mass is 10.0. The molecule has 3 fully saturated rings. The molecule has 0 spiro atoms. The zero-order valence-electron chi connectivity index (χ0n) is 19.8. The van der Waals surface area contributed by atoms with E-state index in [1.807, 2.05) is 4.90 Å². The van der Waals surface area contributed by atoms with Crippen LogP contribution < -0.4 is 15.7 Å². The fourth-order valence-corrected chi connectivity index (χ4v) is 5.49. The maximum Gasteiger partial charge on any atom is 0.427 e. The van der Waals surface area contributed by atoms with Gasteiger partial charge in [0.25, 0.3) is 0 Å². The molecule has 6 rings (SSSR count). The number of carbonyl (C=O) groups is 1. The van der Waals surface area contributed by atoms with Crippen LogP contribution in [0.15, 0.2) is 40.9 Å². The standard InChI is InChI=1S/C26H25Cl2FN4O4/c27-18-2-1-3-19(28)22(18)23-17(24(36-31-23)14-4-5-14)13-35-16-8-10-33(11-9-16)21-7-6-15(12-20(21)29)25-30-26(34)37-32-25/h1-3,6-7,12,14,16,25,32H,4-5,8-11,13H2,(H,30,34). The third kappa shape index (κ3) is 5.01. The summed E-state index contributed by atoms with van der Waals surface area (Å²) in [5, 5.41) is 7.93. The molecule has 0 radical (unpaired) electrons. The number of carbonyl (C=O) groups excluding carboxylic acids is 1. The molecule has 1 atom stereocenters. The second kappa shape index (κ2) is 10.1. The molecule has 1 unspecified atom stereocenters. The summed E-state index contributed by atoms with van der Waals surface area (Å²) in [5.74, 6) is 0.858. The molecule has 2 aliphatic heterocycles. The Bertz CT molecular complexity index is 1300.